The third kappa shape index (κ3) is 2.99. The summed E-state index contributed by atoms with van der Waals surface area (Å²) in [6.07, 6.45) is 6.14. The number of nitrogens with one attached hydrogen (secondary N) is 2. The van der Waals surface area contributed by atoms with Crippen LogP contribution in [0.5, 0.6) is 0 Å². The van der Waals surface area contributed by atoms with Gasteiger partial charge in [0.25, 0.3) is 0 Å². The first-order valence-corrected chi connectivity index (χ1v) is 9.08. The lowest BCUT2D eigenvalue weighted by Crippen LogP contribution is -3.29. The Morgan fingerprint density at radius 2 is 1.71 bits per heavy atom. The van der Waals surface area contributed by atoms with Crippen LogP contribution in [-0.4, -0.2) is 32.2 Å². The molecule has 2 nitrogen and oxygen atoms in total. The van der Waals surface area contributed by atoms with Gasteiger partial charge >= 0.3 is 0 Å². The molecule has 4 rings (SSSR count). The summed E-state index contributed by atoms with van der Waals surface area (Å²) in [5.74, 6) is 2.16. The lowest BCUT2D eigenvalue weighted by Gasteiger charge is -2.36. The normalized spacial score (nSPS) is 38.8. The van der Waals surface area contributed by atoms with Crippen LogP contribution in [-0.2, 0) is 6.54 Å². The SMILES string of the molecule is Clc1ccc(C[NH+]2CC[NH+]([C@H]3C[C@@H]4CC[C@H]3C4)CC2)cc1. The molecule has 1 aliphatic heterocycles. The van der Waals surface area contributed by atoms with Crippen LogP contribution in [0, 0.1) is 11.8 Å². The Hall–Kier alpha value is -0.570. The second-order valence-corrected chi connectivity index (χ2v) is 7.93. The maximum atomic E-state index is 5.97. The maximum Gasteiger partial charge on any atom is 0.127 e. The Balaban J connectivity index is 1.29. The molecule has 3 fully saturated rings. The van der Waals surface area contributed by atoms with Crippen molar-refractivity contribution >= 4 is 11.6 Å². The van der Waals surface area contributed by atoms with Gasteiger partial charge in [-0.2, -0.15) is 0 Å². The van der Waals surface area contributed by atoms with Crippen molar-refractivity contribution in [3.63, 3.8) is 0 Å². The summed E-state index contributed by atoms with van der Waals surface area (Å²) >= 11 is 5.97. The fourth-order valence-electron chi connectivity index (χ4n) is 5.11. The number of halogens is 1. The Bertz CT molecular complexity index is 478. The van der Waals surface area contributed by atoms with E-state index in [9.17, 15) is 0 Å². The van der Waals surface area contributed by atoms with Gasteiger partial charge < -0.3 is 9.80 Å². The fourth-order valence-corrected chi connectivity index (χ4v) is 5.23. The third-order valence-electron chi connectivity index (χ3n) is 6.23. The van der Waals surface area contributed by atoms with Crippen LogP contribution in [0.1, 0.15) is 31.2 Å². The molecule has 0 amide bonds. The largest absolute Gasteiger partial charge is 0.323 e. The highest BCUT2D eigenvalue weighted by Gasteiger charge is 2.45. The van der Waals surface area contributed by atoms with E-state index in [1.807, 2.05) is 17.0 Å². The van der Waals surface area contributed by atoms with E-state index < -0.39 is 0 Å². The second kappa shape index (κ2) is 5.91. The minimum absolute atomic E-state index is 0.847. The van der Waals surface area contributed by atoms with Crippen LogP contribution in [0.15, 0.2) is 24.3 Å². The number of hydrogen-bond donors (Lipinski definition) is 2. The Labute approximate surface area is 133 Å². The first-order chi connectivity index (χ1) is 10.3. The molecule has 0 spiro atoms. The minimum Gasteiger partial charge on any atom is -0.323 e. The highest BCUT2D eigenvalue weighted by molar-refractivity contribution is 6.30. The highest BCUT2D eigenvalue weighted by Crippen LogP contribution is 2.43. The number of fused-ring (bicyclic) bond motifs is 2. The molecular formula is C18H27ClN2+2. The van der Waals surface area contributed by atoms with Crippen molar-refractivity contribution in [2.45, 2.75) is 38.3 Å². The summed E-state index contributed by atoms with van der Waals surface area (Å²) < 4.78 is 0. The molecule has 2 N–H and O–H groups in total. The monoisotopic (exact) mass is 306 g/mol. The zero-order valence-electron chi connectivity index (χ0n) is 12.8. The van der Waals surface area contributed by atoms with Crippen LogP contribution >= 0.6 is 11.6 Å². The van der Waals surface area contributed by atoms with E-state index in [-0.39, 0.29) is 0 Å². The van der Waals surface area contributed by atoms with E-state index in [0.29, 0.717) is 0 Å². The zero-order valence-corrected chi connectivity index (χ0v) is 13.5. The summed E-state index contributed by atoms with van der Waals surface area (Å²) in [6, 6.07) is 9.43. The van der Waals surface area contributed by atoms with E-state index in [4.69, 9.17) is 11.6 Å². The van der Waals surface area contributed by atoms with Gasteiger partial charge in [-0.25, -0.2) is 0 Å². The first kappa shape index (κ1) is 14.0. The molecule has 3 atom stereocenters. The summed E-state index contributed by atoms with van der Waals surface area (Å²) in [6.45, 7) is 6.62. The van der Waals surface area contributed by atoms with Crippen LogP contribution in [0.25, 0.3) is 0 Å². The van der Waals surface area contributed by atoms with Crippen molar-refractivity contribution in [2.75, 3.05) is 26.2 Å². The molecule has 0 unspecified atom stereocenters. The number of rotatable bonds is 3. The van der Waals surface area contributed by atoms with Crippen molar-refractivity contribution in [1.82, 2.24) is 0 Å². The number of hydrogen-bond acceptors (Lipinski definition) is 0. The Kier molecular flexibility index (Phi) is 3.95. The fraction of sp³-hybridized carbons (Fsp3) is 0.667. The van der Waals surface area contributed by atoms with Crippen molar-refractivity contribution in [3.05, 3.63) is 34.9 Å². The summed E-state index contributed by atoms with van der Waals surface area (Å²) in [5.41, 5.74) is 1.43. The average Bonchev–Trinajstić information content (AvgIpc) is 3.13. The van der Waals surface area contributed by atoms with Gasteiger partial charge in [0.2, 0.25) is 0 Å². The zero-order chi connectivity index (χ0) is 14.2. The smallest absolute Gasteiger partial charge is 0.127 e. The van der Waals surface area contributed by atoms with Crippen LogP contribution in [0.2, 0.25) is 5.02 Å². The quantitative estimate of drug-likeness (QED) is 0.818. The molecule has 0 radical (unpaired) electrons. The Morgan fingerprint density at radius 3 is 2.33 bits per heavy atom. The Morgan fingerprint density at radius 1 is 0.952 bits per heavy atom. The molecule has 0 aromatic heterocycles. The van der Waals surface area contributed by atoms with Gasteiger partial charge in [0.05, 0.1) is 6.04 Å². The standard InChI is InChI=1S/C18H25ClN2/c19-17-5-2-14(3-6-17)13-20-7-9-21(10-8-20)18-12-15-1-4-16(18)11-15/h2-3,5-6,15-16,18H,1,4,7-13H2/p+2/t15-,16+,18+/m1/s1. The molecule has 1 saturated heterocycles. The van der Waals surface area contributed by atoms with Gasteiger partial charge in [-0.1, -0.05) is 23.7 Å². The molecule has 1 aromatic carbocycles. The summed E-state index contributed by atoms with van der Waals surface area (Å²) in [5, 5.41) is 0.847. The van der Waals surface area contributed by atoms with E-state index in [0.717, 1.165) is 22.9 Å². The molecule has 3 heteroatoms. The maximum absolute atomic E-state index is 5.97. The number of piperazine rings is 1. The molecule has 3 aliphatic rings. The van der Waals surface area contributed by atoms with Gasteiger partial charge in [0.15, 0.2) is 0 Å². The van der Waals surface area contributed by atoms with Crippen LogP contribution < -0.4 is 9.80 Å². The van der Waals surface area contributed by atoms with Crippen molar-refractivity contribution in [1.29, 1.82) is 0 Å². The van der Waals surface area contributed by atoms with E-state index in [2.05, 4.69) is 12.1 Å². The summed E-state index contributed by atoms with van der Waals surface area (Å²) in [7, 11) is 0. The first-order valence-electron chi connectivity index (χ1n) is 8.70. The van der Waals surface area contributed by atoms with Crippen molar-refractivity contribution < 1.29 is 9.80 Å². The average molecular weight is 307 g/mol. The predicted octanol–water partition coefficient (Wildman–Crippen LogP) is 0.812. The molecule has 2 aliphatic carbocycles. The topological polar surface area (TPSA) is 8.88 Å². The second-order valence-electron chi connectivity index (χ2n) is 7.49. The lowest BCUT2D eigenvalue weighted by molar-refractivity contribution is -1.03. The molecule has 114 valence electrons. The van der Waals surface area contributed by atoms with Gasteiger partial charge in [0, 0.05) is 22.9 Å². The van der Waals surface area contributed by atoms with Gasteiger partial charge in [-0.15, -0.1) is 0 Å². The van der Waals surface area contributed by atoms with Gasteiger partial charge in [-0.05, 0) is 37.3 Å². The highest BCUT2D eigenvalue weighted by atomic mass is 35.5. The lowest BCUT2D eigenvalue weighted by atomic mass is 9.93. The van der Waals surface area contributed by atoms with E-state index in [1.54, 1.807) is 11.3 Å². The number of benzene rings is 1. The predicted molar refractivity (Wildman–Crippen MR) is 85.8 cm³/mol. The molecule has 21 heavy (non-hydrogen) atoms. The van der Waals surface area contributed by atoms with Crippen molar-refractivity contribution in [2.24, 2.45) is 11.8 Å². The molecule has 1 aromatic rings. The van der Waals surface area contributed by atoms with E-state index in [1.165, 1.54) is 57.5 Å². The van der Waals surface area contributed by atoms with Gasteiger partial charge in [-0.3, -0.25) is 0 Å². The molecule has 1 heterocycles. The van der Waals surface area contributed by atoms with Crippen LogP contribution in [0.4, 0.5) is 0 Å². The van der Waals surface area contributed by atoms with E-state index >= 15 is 0 Å². The molecule has 2 saturated carbocycles. The molecule has 2 bridgehead atoms. The summed E-state index contributed by atoms with van der Waals surface area (Å²) in [4.78, 5) is 3.69. The number of quaternary nitrogens is 2. The minimum atomic E-state index is 0.847. The van der Waals surface area contributed by atoms with Crippen LogP contribution in [0.3, 0.4) is 0 Å². The third-order valence-corrected chi connectivity index (χ3v) is 6.48. The van der Waals surface area contributed by atoms with Gasteiger partial charge in [0.1, 0.15) is 32.7 Å². The van der Waals surface area contributed by atoms with Crippen molar-refractivity contribution in [3.8, 4) is 0 Å². The molecular weight excluding hydrogens is 280 g/mol.